The second kappa shape index (κ2) is 12.6. The van der Waals surface area contributed by atoms with Gasteiger partial charge in [-0.05, 0) is 72.8 Å². The van der Waals surface area contributed by atoms with Gasteiger partial charge in [-0.15, -0.1) is 0 Å². The normalized spacial score (nSPS) is 10.5. The summed E-state index contributed by atoms with van der Waals surface area (Å²) in [6.07, 6.45) is 0. The Kier molecular flexibility index (Phi) is 7.95. The zero-order chi connectivity index (χ0) is 29.4. The van der Waals surface area contributed by atoms with Gasteiger partial charge in [-0.2, -0.15) is 0 Å². The molecule has 6 aromatic carbocycles. The summed E-state index contributed by atoms with van der Waals surface area (Å²) in [5.41, 5.74) is 13.0. The fourth-order valence-electron chi connectivity index (χ4n) is 4.24. The van der Waals surface area contributed by atoms with Gasteiger partial charge in [0.25, 0.3) is 0 Å². The quantitative estimate of drug-likeness (QED) is 0.159. The molecule has 6 aromatic rings. The molecule has 7 nitrogen and oxygen atoms in total. The minimum Gasteiger partial charge on any atom is -0.457 e. The van der Waals surface area contributed by atoms with E-state index in [4.69, 9.17) is 35.2 Å². The van der Waals surface area contributed by atoms with Crippen molar-refractivity contribution in [2.45, 2.75) is 0 Å². The van der Waals surface area contributed by atoms with E-state index in [9.17, 15) is 0 Å². The molecule has 212 valence electrons. The molecule has 0 aliphatic heterocycles. The maximum absolute atomic E-state index is 6.32. The summed E-state index contributed by atoms with van der Waals surface area (Å²) < 4.78 is 30.7. The third-order valence-electron chi connectivity index (χ3n) is 6.17. The van der Waals surface area contributed by atoms with E-state index >= 15 is 0 Å². The van der Waals surface area contributed by atoms with E-state index < -0.39 is 0 Å². The SMILES string of the molecule is Nc1cccc(Oc2cccc(Oc3ccccc3Oc3ccccc3Oc3cccc(Oc4cccc(N)c4)c3)c2)c1. The monoisotopic (exact) mass is 568 g/mol. The Bertz CT molecular complexity index is 1720. The Balaban J connectivity index is 1.18. The zero-order valence-corrected chi connectivity index (χ0v) is 23.1. The lowest BCUT2D eigenvalue weighted by molar-refractivity contribution is 0.392. The second-order valence-electron chi connectivity index (χ2n) is 9.50. The highest BCUT2D eigenvalue weighted by atomic mass is 16.5. The van der Waals surface area contributed by atoms with Crippen molar-refractivity contribution in [1.29, 1.82) is 0 Å². The summed E-state index contributed by atoms with van der Waals surface area (Å²) in [6.45, 7) is 0. The van der Waals surface area contributed by atoms with Crippen molar-refractivity contribution < 1.29 is 23.7 Å². The average molecular weight is 569 g/mol. The van der Waals surface area contributed by atoms with Crippen LogP contribution in [0.4, 0.5) is 11.4 Å². The van der Waals surface area contributed by atoms with E-state index in [1.807, 2.05) is 109 Å². The van der Waals surface area contributed by atoms with Crippen LogP contribution in [0.3, 0.4) is 0 Å². The molecule has 0 spiro atoms. The van der Waals surface area contributed by atoms with Crippen LogP contribution in [0.1, 0.15) is 0 Å². The van der Waals surface area contributed by atoms with Gasteiger partial charge < -0.3 is 35.2 Å². The maximum Gasteiger partial charge on any atom is 0.170 e. The Morgan fingerprint density at radius 1 is 0.279 bits per heavy atom. The van der Waals surface area contributed by atoms with E-state index in [1.54, 1.807) is 36.4 Å². The molecule has 0 atom stereocenters. The number of anilines is 2. The highest BCUT2D eigenvalue weighted by Gasteiger charge is 2.13. The maximum atomic E-state index is 6.32. The third kappa shape index (κ3) is 7.17. The van der Waals surface area contributed by atoms with E-state index in [0.717, 1.165) is 0 Å². The van der Waals surface area contributed by atoms with E-state index in [2.05, 4.69) is 0 Å². The smallest absolute Gasteiger partial charge is 0.170 e. The summed E-state index contributed by atoms with van der Waals surface area (Å²) in [7, 11) is 0. The molecular weight excluding hydrogens is 540 g/mol. The topological polar surface area (TPSA) is 98.2 Å². The largest absolute Gasteiger partial charge is 0.457 e. The Labute approximate surface area is 249 Å². The minimum absolute atomic E-state index is 0.513. The molecule has 0 bridgehead atoms. The molecule has 0 amide bonds. The number of nitrogens with two attached hydrogens (primary N) is 2. The van der Waals surface area contributed by atoms with E-state index in [-0.39, 0.29) is 0 Å². The van der Waals surface area contributed by atoms with Crippen molar-refractivity contribution in [2.75, 3.05) is 11.5 Å². The van der Waals surface area contributed by atoms with Gasteiger partial charge in [0.15, 0.2) is 23.0 Å². The van der Waals surface area contributed by atoms with Crippen LogP contribution in [0.5, 0.6) is 57.5 Å². The molecule has 7 heteroatoms. The fraction of sp³-hybridized carbons (Fsp3) is 0. The molecule has 6 rings (SSSR count). The number of hydrogen-bond acceptors (Lipinski definition) is 7. The molecule has 4 N–H and O–H groups in total. The summed E-state index contributed by atoms with van der Waals surface area (Å²) >= 11 is 0. The number of ether oxygens (including phenoxy) is 5. The summed E-state index contributed by atoms with van der Waals surface area (Å²) in [4.78, 5) is 0. The first kappa shape index (κ1) is 27.1. The van der Waals surface area contributed by atoms with Gasteiger partial charge in [-0.1, -0.05) is 48.5 Å². The zero-order valence-electron chi connectivity index (χ0n) is 23.1. The minimum atomic E-state index is 0.513. The Morgan fingerprint density at radius 2 is 0.581 bits per heavy atom. The summed E-state index contributed by atoms with van der Waals surface area (Å²) in [6, 6.07) is 44.1. The van der Waals surface area contributed by atoms with Crippen molar-refractivity contribution in [2.24, 2.45) is 0 Å². The van der Waals surface area contributed by atoms with Gasteiger partial charge in [-0.3, -0.25) is 0 Å². The van der Waals surface area contributed by atoms with Crippen molar-refractivity contribution in [3.63, 3.8) is 0 Å². The van der Waals surface area contributed by atoms with Crippen LogP contribution in [-0.4, -0.2) is 0 Å². The van der Waals surface area contributed by atoms with Crippen LogP contribution < -0.4 is 35.2 Å². The van der Waals surface area contributed by atoms with Crippen molar-refractivity contribution in [3.8, 4) is 57.5 Å². The number of nitrogen functional groups attached to an aromatic ring is 2. The number of hydrogen-bond donors (Lipinski definition) is 2. The van der Waals surface area contributed by atoms with E-state index in [1.165, 1.54) is 0 Å². The van der Waals surface area contributed by atoms with Gasteiger partial charge >= 0.3 is 0 Å². The second-order valence-corrected chi connectivity index (χ2v) is 9.50. The molecule has 43 heavy (non-hydrogen) atoms. The van der Waals surface area contributed by atoms with Crippen molar-refractivity contribution in [3.05, 3.63) is 146 Å². The van der Waals surface area contributed by atoms with Crippen molar-refractivity contribution in [1.82, 2.24) is 0 Å². The lowest BCUT2D eigenvalue weighted by Crippen LogP contribution is -1.94. The third-order valence-corrected chi connectivity index (χ3v) is 6.17. The molecule has 0 heterocycles. The highest BCUT2D eigenvalue weighted by Crippen LogP contribution is 2.40. The predicted molar refractivity (Wildman–Crippen MR) is 168 cm³/mol. The lowest BCUT2D eigenvalue weighted by Gasteiger charge is -2.16. The van der Waals surface area contributed by atoms with Gasteiger partial charge in [-0.25, -0.2) is 0 Å². The van der Waals surface area contributed by atoms with Gasteiger partial charge in [0, 0.05) is 35.6 Å². The summed E-state index contributed by atoms with van der Waals surface area (Å²) in [5.74, 6) is 5.74. The molecular formula is C36H28N2O5. The van der Waals surface area contributed by atoms with Crippen LogP contribution in [0, 0.1) is 0 Å². The number of rotatable bonds is 10. The standard InChI is InChI=1S/C36H28N2O5/c37-25-9-5-11-27(21-25)39-29-13-7-15-31(23-29)41-33-17-1-3-19-35(33)43-36-20-4-2-18-34(36)42-32-16-8-14-30(24-32)40-28-12-6-10-26(38)22-28/h1-24H,37-38H2. The molecule has 0 saturated carbocycles. The molecule has 0 fully saturated rings. The first-order chi connectivity index (χ1) is 21.1. The number of para-hydroxylation sites is 4. The van der Waals surface area contributed by atoms with Crippen molar-refractivity contribution >= 4 is 11.4 Å². The molecule has 0 aliphatic carbocycles. The number of benzene rings is 6. The van der Waals surface area contributed by atoms with Gasteiger partial charge in [0.05, 0.1) is 0 Å². The Hall–Kier alpha value is -6.08. The molecule has 0 unspecified atom stereocenters. The van der Waals surface area contributed by atoms with Crippen LogP contribution >= 0.6 is 0 Å². The molecule has 0 radical (unpaired) electrons. The molecule has 0 saturated heterocycles. The predicted octanol–water partition coefficient (Wildman–Crippen LogP) is 9.81. The fourth-order valence-corrected chi connectivity index (χ4v) is 4.24. The summed E-state index contributed by atoms with van der Waals surface area (Å²) in [5, 5.41) is 0. The molecule has 0 aliphatic rings. The van der Waals surface area contributed by atoms with Crippen LogP contribution in [0.2, 0.25) is 0 Å². The first-order valence-electron chi connectivity index (χ1n) is 13.6. The van der Waals surface area contributed by atoms with Crippen LogP contribution in [0.15, 0.2) is 146 Å². The van der Waals surface area contributed by atoms with Gasteiger partial charge in [0.1, 0.15) is 34.5 Å². The lowest BCUT2D eigenvalue weighted by atomic mass is 10.2. The van der Waals surface area contributed by atoms with E-state index in [0.29, 0.717) is 68.9 Å². The van der Waals surface area contributed by atoms with Crippen LogP contribution in [-0.2, 0) is 0 Å². The average Bonchev–Trinajstić information content (AvgIpc) is 3.00. The molecule has 0 aromatic heterocycles. The first-order valence-corrected chi connectivity index (χ1v) is 13.6. The highest BCUT2D eigenvalue weighted by molar-refractivity contribution is 5.52. The van der Waals surface area contributed by atoms with Gasteiger partial charge in [0.2, 0.25) is 0 Å². The Morgan fingerprint density at radius 3 is 0.953 bits per heavy atom. The van der Waals surface area contributed by atoms with Crippen LogP contribution in [0.25, 0.3) is 0 Å².